The summed E-state index contributed by atoms with van der Waals surface area (Å²) >= 11 is 0. The molecule has 0 aliphatic carbocycles. The molecular formula is C11H12F2O4. The number of aliphatic hydroxyl groups excluding tert-OH is 1. The minimum absolute atomic E-state index is 0.00318. The lowest BCUT2D eigenvalue weighted by Gasteiger charge is -2.13. The van der Waals surface area contributed by atoms with E-state index in [0.29, 0.717) is 0 Å². The predicted octanol–water partition coefficient (Wildman–Crippen LogP) is 1.57. The Balaban J connectivity index is 2.93. The third kappa shape index (κ3) is 3.39. The van der Waals surface area contributed by atoms with Crippen molar-refractivity contribution in [1.29, 1.82) is 0 Å². The maximum atomic E-state index is 13.5. The minimum Gasteiger partial charge on any atom is -0.497 e. The van der Waals surface area contributed by atoms with E-state index in [1.807, 2.05) is 0 Å². The third-order valence-corrected chi connectivity index (χ3v) is 2.07. The number of rotatable bonds is 4. The SMILES string of the molecule is COc1cc(F)c(C(O)COC(C)=O)c(F)c1. The molecule has 17 heavy (non-hydrogen) atoms. The smallest absolute Gasteiger partial charge is 0.302 e. The van der Waals surface area contributed by atoms with Gasteiger partial charge in [-0.05, 0) is 0 Å². The average molecular weight is 246 g/mol. The van der Waals surface area contributed by atoms with Crippen LogP contribution in [-0.2, 0) is 9.53 Å². The highest BCUT2D eigenvalue weighted by Crippen LogP contribution is 2.25. The molecule has 1 atom stereocenters. The number of methoxy groups -OCH3 is 1. The first-order valence-corrected chi connectivity index (χ1v) is 4.80. The first-order chi connectivity index (χ1) is 7.95. The fourth-order valence-electron chi connectivity index (χ4n) is 1.28. The van der Waals surface area contributed by atoms with Gasteiger partial charge in [0.2, 0.25) is 0 Å². The van der Waals surface area contributed by atoms with Gasteiger partial charge in [0.05, 0.1) is 12.7 Å². The number of ether oxygens (including phenoxy) is 2. The molecule has 0 saturated carbocycles. The molecule has 1 rings (SSSR count). The maximum absolute atomic E-state index is 13.5. The Hall–Kier alpha value is -1.69. The van der Waals surface area contributed by atoms with Crippen molar-refractivity contribution in [3.8, 4) is 5.75 Å². The van der Waals surface area contributed by atoms with E-state index < -0.39 is 35.9 Å². The highest BCUT2D eigenvalue weighted by atomic mass is 19.1. The molecule has 1 aromatic rings. The molecule has 0 spiro atoms. The topological polar surface area (TPSA) is 55.8 Å². The number of hydrogen-bond donors (Lipinski definition) is 1. The van der Waals surface area contributed by atoms with Gasteiger partial charge in [0.1, 0.15) is 30.1 Å². The van der Waals surface area contributed by atoms with Crippen molar-refractivity contribution in [2.45, 2.75) is 13.0 Å². The van der Waals surface area contributed by atoms with Crippen LogP contribution >= 0.6 is 0 Å². The van der Waals surface area contributed by atoms with Gasteiger partial charge in [-0.2, -0.15) is 0 Å². The zero-order chi connectivity index (χ0) is 13.0. The molecule has 0 radical (unpaired) electrons. The van der Waals surface area contributed by atoms with Crippen molar-refractivity contribution in [2.24, 2.45) is 0 Å². The van der Waals surface area contributed by atoms with Crippen LogP contribution in [0, 0.1) is 11.6 Å². The standard InChI is InChI=1S/C11H12F2O4/c1-6(14)17-5-10(15)11-8(12)3-7(16-2)4-9(11)13/h3-4,10,15H,5H2,1-2H3. The second kappa shape index (κ2) is 5.58. The average Bonchev–Trinajstić information content (AvgIpc) is 2.25. The zero-order valence-electron chi connectivity index (χ0n) is 9.37. The van der Waals surface area contributed by atoms with Crippen LogP contribution in [0.15, 0.2) is 12.1 Å². The van der Waals surface area contributed by atoms with Crippen LogP contribution in [0.2, 0.25) is 0 Å². The Morgan fingerprint density at radius 1 is 1.41 bits per heavy atom. The number of hydrogen-bond acceptors (Lipinski definition) is 4. The van der Waals surface area contributed by atoms with Crippen LogP contribution < -0.4 is 4.74 Å². The quantitative estimate of drug-likeness (QED) is 0.819. The summed E-state index contributed by atoms with van der Waals surface area (Å²) in [6, 6.07) is 1.88. The van der Waals surface area contributed by atoms with Gasteiger partial charge >= 0.3 is 5.97 Å². The van der Waals surface area contributed by atoms with Crippen molar-refractivity contribution >= 4 is 5.97 Å². The first kappa shape index (κ1) is 13.4. The van der Waals surface area contributed by atoms with E-state index in [4.69, 9.17) is 0 Å². The predicted molar refractivity (Wildman–Crippen MR) is 54.5 cm³/mol. The van der Waals surface area contributed by atoms with Crippen LogP contribution in [0.3, 0.4) is 0 Å². The second-order valence-electron chi connectivity index (χ2n) is 3.32. The molecule has 0 aliphatic rings. The molecule has 0 amide bonds. The molecule has 0 saturated heterocycles. The van der Waals surface area contributed by atoms with Gasteiger partial charge in [0.25, 0.3) is 0 Å². The fraction of sp³-hybridized carbons (Fsp3) is 0.364. The molecule has 0 aliphatic heterocycles. The van der Waals surface area contributed by atoms with Gasteiger partial charge in [-0.25, -0.2) is 8.78 Å². The number of carbonyl (C=O) groups is 1. The molecule has 1 unspecified atom stereocenters. The summed E-state index contributed by atoms with van der Waals surface area (Å²) in [6.07, 6.45) is -1.55. The van der Waals surface area contributed by atoms with Gasteiger partial charge in [-0.15, -0.1) is 0 Å². The Morgan fingerprint density at radius 2 is 1.94 bits per heavy atom. The van der Waals surface area contributed by atoms with Crippen LogP contribution in [0.5, 0.6) is 5.75 Å². The number of esters is 1. The lowest BCUT2D eigenvalue weighted by molar-refractivity contribution is -0.144. The lowest BCUT2D eigenvalue weighted by Crippen LogP contribution is -2.13. The van der Waals surface area contributed by atoms with E-state index in [2.05, 4.69) is 9.47 Å². The van der Waals surface area contributed by atoms with Gasteiger partial charge in [-0.3, -0.25) is 4.79 Å². The van der Waals surface area contributed by atoms with Crippen LogP contribution in [0.4, 0.5) is 8.78 Å². The summed E-state index contributed by atoms with van der Waals surface area (Å²) in [5.74, 6) is -2.55. The summed E-state index contributed by atoms with van der Waals surface area (Å²) in [4.78, 5) is 10.5. The molecule has 0 bridgehead atoms. The van der Waals surface area contributed by atoms with E-state index in [-0.39, 0.29) is 5.75 Å². The fourth-order valence-corrected chi connectivity index (χ4v) is 1.28. The van der Waals surface area contributed by atoms with Crippen molar-refractivity contribution < 1.29 is 28.2 Å². The van der Waals surface area contributed by atoms with E-state index in [9.17, 15) is 18.7 Å². The van der Waals surface area contributed by atoms with Crippen molar-refractivity contribution in [1.82, 2.24) is 0 Å². The number of halogens is 2. The number of benzene rings is 1. The summed E-state index contributed by atoms with van der Waals surface area (Å²) in [6.45, 7) is 0.628. The monoisotopic (exact) mass is 246 g/mol. The molecule has 0 fully saturated rings. The summed E-state index contributed by atoms with van der Waals surface area (Å²) in [5, 5.41) is 9.50. The normalized spacial score (nSPS) is 12.1. The summed E-state index contributed by atoms with van der Waals surface area (Å²) in [7, 11) is 1.27. The zero-order valence-corrected chi connectivity index (χ0v) is 9.37. The first-order valence-electron chi connectivity index (χ1n) is 4.80. The van der Waals surface area contributed by atoms with E-state index in [0.717, 1.165) is 19.1 Å². The maximum Gasteiger partial charge on any atom is 0.302 e. The number of aliphatic hydroxyl groups is 1. The van der Waals surface area contributed by atoms with Crippen molar-refractivity contribution in [3.63, 3.8) is 0 Å². The largest absolute Gasteiger partial charge is 0.497 e. The van der Waals surface area contributed by atoms with Crippen molar-refractivity contribution in [3.05, 3.63) is 29.3 Å². The summed E-state index contributed by atoms with van der Waals surface area (Å²) < 4.78 is 36.0. The van der Waals surface area contributed by atoms with Gasteiger partial charge in [0.15, 0.2) is 0 Å². The molecule has 6 heteroatoms. The van der Waals surface area contributed by atoms with Crippen LogP contribution in [0.25, 0.3) is 0 Å². The summed E-state index contributed by atoms with van der Waals surface area (Å²) in [5.41, 5.74) is -0.549. The van der Waals surface area contributed by atoms with Gasteiger partial charge in [-0.1, -0.05) is 0 Å². The van der Waals surface area contributed by atoms with Gasteiger partial charge < -0.3 is 14.6 Å². The highest BCUT2D eigenvalue weighted by Gasteiger charge is 2.20. The Bertz CT molecular complexity index is 397. The molecule has 94 valence electrons. The van der Waals surface area contributed by atoms with Crippen LogP contribution in [0.1, 0.15) is 18.6 Å². The van der Waals surface area contributed by atoms with Gasteiger partial charge in [0, 0.05) is 19.1 Å². The third-order valence-electron chi connectivity index (χ3n) is 2.07. The highest BCUT2D eigenvalue weighted by molar-refractivity contribution is 5.65. The second-order valence-corrected chi connectivity index (χ2v) is 3.32. The molecule has 0 heterocycles. The van der Waals surface area contributed by atoms with E-state index in [1.54, 1.807) is 0 Å². The Labute approximate surface area is 96.8 Å². The van der Waals surface area contributed by atoms with Crippen LogP contribution in [-0.4, -0.2) is 24.8 Å². The van der Waals surface area contributed by atoms with E-state index >= 15 is 0 Å². The van der Waals surface area contributed by atoms with Crippen molar-refractivity contribution in [2.75, 3.05) is 13.7 Å². The minimum atomic E-state index is -1.55. The Kier molecular flexibility index (Phi) is 4.39. The molecule has 0 aromatic heterocycles. The van der Waals surface area contributed by atoms with E-state index in [1.165, 1.54) is 7.11 Å². The lowest BCUT2D eigenvalue weighted by atomic mass is 10.1. The number of carbonyl (C=O) groups excluding carboxylic acids is 1. The molecule has 4 nitrogen and oxygen atoms in total. The molecular weight excluding hydrogens is 234 g/mol. The molecule has 1 aromatic carbocycles. The Morgan fingerprint density at radius 3 is 2.35 bits per heavy atom. The molecule has 1 N–H and O–H groups in total.